The van der Waals surface area contributed by atoms with Crippen molar-refractivity contribution < 1.29 is 14.3 Å². The third-order valence-electron chi connectivity index (χ3n) is 6.40. The molecule has 0 saturated heterocycles. The summed E-state index contributed by atoms with van der Waals surface area (Å²) in [6, 6.07) is 31.7. The van der Waals surface area contributed by atoms with Crippen molar-refractivity contribution in [2.24, 2.45) is 5.10 Å². The van der Waals surface area contributed by atoms with Crippen LogP contribution in [0.5, 0.6) is 11.5 Å². The summed E-state index contributed by atoms with van der Waals surface area (Å²) in [4.78, 5) is 12.7. The van der Waals surface area contributed by atoms with Crippen LogP contribution in [0.4, 0.5) is 0 Å². The van der Waals surface area contributed by atoms with Crippen LogP contribution in [0.3, 0.4) is 0 Å². The molecule has 0 aliphatic heterocycles. The predicted molar refractivity (Wildman–Crippen MR) is 166 cm³/mol. The van der Waals surface area contributed by atoms with Gasteiger partial charge in [0.15, 0.2) is 22.5 Å². The number of carbonyl (C=O) groups excluding carboxylic acids is 1. The fourth-order valence-electron chi connectivity index (χ4n) is 4.14. The Morgan fingerprint density at radius 3 is 2.33 bits per heavy atom. The first-order valence-electron chi connectivity index (χ1n) is 13.4. The second kappa shape index (κ2) is 13.6. The Hall–Kier alpha value is -4.89. The molecule has 0 saturated carbocycles. The molecule has 0 bridgehead atoms. The summed E-state index contributed by atoms with van der Waals surface area (Å²) in [5.41, 5.74) is 8.60. The summed E-state index contributed by atoms with van der Waals surface area (Å²) in [5, 5.41) is 13.6. The van der Waals surface area contributed by atoms with Gasteiger partial charge in [-0.15, -0.1) is 10.2 Å². The number of aryl methyl sites for hydroxylation is 2. The first-order chi connectivity index (χ1) is 20.5. The van der Waals surface area contributed by atoms with Crippen molar-refractivity contribution in [1.29, 1.82) is 0 Å². The van der Waals surface area contributed by atoms with Crippen LogP contribution in [0.25, 0.3) is 17.1 Å². The van der Waals surface area contributed by atoms with E-state index >= 15 is 0 Å². The molecule has 5 rings (SSSR count). The zero-order valence-electron chi connectivity index (χ0n) is 23.7. The zero-order chi connectivity index (χ0) is 29.3. The van der Waals surface area contributed by atoms with Crippen molar-refractivity contribution in [3.63, 3.8) is 0 Å². The highest BCUT2D eigenvalue weighted by Gasteiger charge is 2.17. The highest BCUT2D eigenvalue weighted by molar-refractivity contribution is 7.99. The van der Waals surface area contributed by atoms with E-state index in [1.807, 2.05) is 109 Å². The lowest BCUT2D eigenvalue weighted by Gasteiger charge is -2.11. The Morgan fingerprint density at radius 2 is 1.62 bits per heavy atom. The third kappa shape index (κ3) is 7.24. The van der Waals surface area contributed by atoms with Gasteiger partial charge < -0.3 is 9.47 Å². The molecule has 1 aromatic heterocycles. The lowest BCUT2D eigenvalue weighted by molar-refractivity contribution is -0.118. The molecule has 1 N–H and O–H groups in total. The molecule has 0 fully saturated rings. The quantitative estimate of drug-likeness (QED) is 0.111. The number of hydrazone groups is 1. The molecule has 1 heterocycles. The van der Waals surface area contributed by atoms with Gasteiger partial charge in [-0.3, -0.25) is 9.36 Å². The van der Waals surface area contributed by atoms with Gasteiger partial charge in [0.1, 0.15) is 6.61 Å². The zero-order valence-corrected chi connectivity index (χ0v) is 24.5. The number of hydrogen-bond acceptors (Lipinski definition) is 7. The van der Waals surface area contributed by atoms with Crippen LogP contribution in [-0.2, 0) is 11.4 Å². The van der Waals surface area contributed by atoms with Crippen LogP contribution in [0.15, 0.2) is 107 Å². The van der Waals surface area contributed by atoms with Gasteiger partial charge in [-0.2, -0.15) is 5.10 Å². The van der Waals surface area contributed by atoms with Gasteiger partial charge >= 0.3 is 0 Å². The molecule has 0 unspecified atom stereocenters. The van der Waals surface area contributed by atoms with Crippen LogP contribution in [0, 0.1) is 13.8 Å². The third-order valence-corrected chi connectivity index (χ3v) is 7.32. The van der Waals surface area contributed by atoms with E-state index in [9.17, 15) is 4.79 Å². The average molecular weight is 578 g/mol. The molecular formula is C33H31N5O3S. The smallest absolute Gasteiger partial charge is 0.250 e. The minimum Gasteiger partial charge on any atom is -0.493 e. The van der Waals surface area contributed by atoms with Gasteiger partial charge in [0.25, 0.3) is 5.91 Å². The number of rotatable bonds is 11. The molecule has 0 aliphatic carbocycles. The van der Waals surface area contributed by atoms with Gasteiger partial charge in [-0.25, -0.2) is 5.43 Å². The van der Waals surface area contributed by atoms with Crippen molar-refractivity contribution in [2.45, 2.75) is 25.6 Å². The van der Waals surface area contributed by atoms with Crippen LogP contribution < -0.4 is 14.9 Å². The highest BCUT2D eigenvalue weighted by Crippen LogP contribution is 2.29. The fourth-order valence-corrected chi connectivity index (χ4v) is 4.88. The van der Waals surface area contributed by atoms with Gasteiger partial charge in [0.2, 0.25) is 0 Å². The molecular weight excluding hydrogens is 546 g/mol. The molecule has 42 heavy (non-hydrogen) atoms. The number of thioether (sulfide) groups is 1. The Labute approximate surface area is 249 Å². The molecule has 8 nitrogen and oxygen atoms in total. The highest BCUT2D eigenvalue weighted by atomic mass is 32.2. The number of methoxy groups -OCH3 is 1. The number of amides is 1. The van der Waals surface area contributed by atoms with Crippen molar-refractivity contribution in [3.8, 4) is 28.6 Å². The van der Waals surface area contributed by atoms with E-state index in [-0.39, 0.29) is 11.7 Å². The maximum Gasteiger partial charge on any atom is 0.250 e. The number of carbonyl (C=O) groups is 1. The van der Waals surface area contributed by atoms with Crippen LogP contribution in [-0.4, -0.2) is 39.7 Å². The minimum absolute atomic E-state index is 0.116. The van der Waals surface area contributed by atoms with E-state index in [1.165, 1.54) is 11.8 Å². The molecule has 0 spiro atoms. The van der Waals surface area contributed by atoms with Gasteiger partial charge in [0, 0.05) is 11.3 Å². The Morgan fingerprint density at radius 1 is 0.905 bits per heavy atom. The molecule has 0 radical (unpaired) electrons. The number of ether oxygens (including phenoxy) is 2. The predicted octanol–water partition coefficient (Wildman–Crippen LogP) is 6.38. The van der Waals surface area contributed by atoms with Gasteiger partial charge in [-0.1, -0.05) is 89.6 Å². The molecule has 0 aliphatic rings. The number of hydrogen-bond donors (Lipinski definition) is 1. The molecule has 1 amide bonds. The maximum atomic E-state index is 12.7. The van der Waals surface area contributed by atoms with E-state index in [1.54, 1.807) is 19.4 Å². The topological polar surface area (TPSA) is 90.6 Å². The SMILES string of the molecule is COc1cc(C=NNC(=O)CSc2nnc(-c3ccc(C)cc3)n2-c2ccc(C)cc2)ccc1OCc1ccccc1. The van der Waals surface area contributed by atoms with E-state index in [0.717, 1.165) is 33.5 Å². The Balaban J connectivity index is 1.23. The molecule has 0 atom stereocenters. The Bertz CT molecular complexity index is 1670. The van der Waals surface area contributed by atoms with Gasteiger partial charge in [-0.05, 0) is 55.3 Å². The lowest BCUT2D eigenvalue weighted by Crippen LogP contribution is -2.20. The van der Waals surface area contributed by atoms with Crippen molar-refractivity contribution in [1.82, 2.24) is 20.2 Å². The van der Waals surface area contributed by atoms with Crippen LogP contribution in [0.2, 0.25) is 0 Å². The largest absolute Gasteiger partial charge is 0.493 e. The fraction of sp³-hybridized carbons (Fsp3) is 0.152. The summed E-state index contributed by atoms with van der Waals surface area (Å²) >= 11 is 1.30. The van der Waals surface area contributed by atoms with E-state index < -0.39 is 0 Å². The maximum absolute atomic E-state index is 12.7. The molecule has 9 heteroatoms. The van der Waals surface area contributed by atoms with Crippen molar-refractivity contribution in [2.75, 3.05) is 12.9 Å². The second-order valence-electron chi connectivity index (χ2n) is 9.61. The molecule has 5 aromatic rings. The second-order valence-corrected chi connectivity index (χ2v) is 10.6. The standard InChI is InChI=1S/C33H31N5O3S/c1-23-9-14-27(15-10-23)32-36-37-33(38(32)28-16-11-24(2)12-17-28)42-22-31(39)35-34-20-26-13-18-29(30(19-26)40-3)41-21-25-7-5-4-6-8-25/h4-20H,21-22H2,1-3H3,(H,35,39). The van der Waals surface area contributed by atoms with Crippen molar-refractivity contribution in [3.05, 3.63) is 119 Å². The average Bonchev–Trinajstić information content (AvgIpc) is 3.44. The van der Waals surface area contributed by atoms with E-state index in [2.05, 4.69) is 20.7 Å². The Kier molecular flexibility index (Phi) is 9.30. The normalized spacial score (nSPS) is 11.0. The molecule has 4 aromatic carbocycles. The summed E-state index contributed by atoms with van der Waals surface area (Å²) in [5.74, 6) is 1.77. The van der Waals surface area contributed by atoms with Crippen LogP contribution in [0.1, 0.15) is 22.3 Å². The van der Waals surface area contributed by atoms with Gasteiger partial charge in [0.05, 0.1) is 19.1 Å². The summed E-state index contributed by atoms with van der Waals surface area (Å²) in [7, 11) is 1.59. The lowest BCUT2D eigenvalue weighted by atomic mass is 10.1. The van der Waals surface area contributed by atoms with Crippen LogP contribution >= 0.6 is 11.8 Å². The number of nitrogens with zero attached hydrogens (tertiary/aromatic N) is 4. The molecule has 212 valence electrons. The van der Waals surface area contributed by atoms with E-state index in [0.29, 0.717) is 29.1 Å². The van der Waals surface area contributed by atoms with Crippen molar-refractivity contribution >= 4 is 23.9 Å². The monoisotopic (exact) mass is 577 g/mol. The number of aromatic nitrogens is 3. The number of benzene rings is 4. The first-order valence-corrected chi connectivity index (χ1v) is 14.4. The van der Waals surface area contributed by atoms with E-state index in [4.69, 9.17) is 9.47 Å². The summed E-state index contributed by atoms with van der Waals surface area (Å²) in [6.45, 7) is 4.52. The summed E-state index contributed by atoms with van der Waals surface area (Å²) < 4.78 is 13.4. The number of nitrogens with one attached hydrogen (secondary N) is 1. The first kappa shape index (κ1) is 28.6. The summed E-state index contributed by atoms with van der Waals surface area (Å²) in [6.07, 6.45) is 1.57. The minimum atomic E-state index is -0.263.